The maximum absolute atomic E-state index is 12.8. The van der Waals surface area contributed by atoms with E-state index in [9.17, 15) is 13.2 Å². The lowest BCUT2D eigenvalue weighted by molar-refractivity contribution is -0.137. The molecule has 9 heteroatoms. The molecule has 6 nitrogen and oxygen atoms in total. The summed E-state index contributed by atoms with van der Waals surface area (Å²) in [7, 11) is 0. The van der Waals surface area contributed by atoms with Crippen molar-refractivity contribution in [2.75, 3.05) is 11.5 Å². The molecule has 0 saturated heterocycles. The first-order chi connectivity index (χ1) is 8.38. The molecule has 0 unspecified atom stereocenters. The molecule has 0 aliphatic rings. The topological polar surface area (TPSA) is 104 Å². The fourth-order valence-corrected chi connectivity index (χ4v) is 1.35. The van der Waals surface area contributed by atoms with E-state index < -0.39 is 11.7 Å². The summed E-state index contributed by atoms with van der Waals surface area (Å²) in [5.74, 6) is -0.736. The van der Waals surface area contributed by atoms with E-state index in [0.29, 0.717) is 6.20 Å². The van der Waals surface area contributed by atoms with Crippen LogP contribution in [-0.4, -0.2) is 19.9 Å². The van der Waals surface area contributed by atoms with Crippen LogP contribution in [0, 0.1) is 0 Å². The van der Waals surface area contributed by atoms with Gasteiger partial charge in [-0.25, -0.2) is 0 Å². The van der Waals surface area contributed by atoms with Crippen LogP contribution >= 0.6 is 0 Å². The number of anilines is 2. The van der Waals surface area contributed by atoms with E-state index in [1.165, 1.54) is 6.20 Å². The number of alkyl halides is 3. The number of pyridine rings is 1. The Morgan fingerprint density at radius 2 is 1.61 bits per heavy atom. The molecule has 0 spiro atoms. The molecular weight excluding hydrogens is 249 g/mol. The van der Waals surface area contributed by atoms with Gasteiger partial charge < -0.3 is 11.5 Å². The van der Waals surface area contributed by atoms with Crippen molar-refractivity contribution in [2.45, 2.75) is 6.18 Å². The lowest BCUT2D eigenvalue weighted by atomic mass is 10.1. The standard InChI is InChI=1S/C9H7F3N6/c10-9(11,12)5-3-15-2-1-4(5)6-16-7(13)18-8(14)17-6/h1-3H,(H4,13,14,16,17,18). The van der Waals surface area contributed by atoms with Crippen molar-refractivity contribution >= 4 is 11.9 Å². The Morgan fingerprint density at radius 3 is 2.17 bits per heavy atom. The normalized spacial score (nSPS) is 11.5. The Labute approximate surface area is 98.9 Å². The quantitative estimate of drug-likeness (QED) is 0.792. The van der Waals surface area contributed by atoms with Crippen LogP contribution in [0.1, 0.15) is 5.56 Å². The van der Waals surface area contributed by atoms with Crippen LogP contribution in [0.3, 0.4) is 0 Å². The van der Waals surface area contributed by atoms with Gasteiger partial charge in [-0.1, -0.05) is 0 Å². The predicted molar refractivity (Wildman–Crippen MR) is 56.9 cm³/mol. The Bertz CT molecular complexity index is 563. The highest BCUT2D eigenvalue weighted by Gasteiger charge is 2.34. The van der Waals surface area contributed by atoms with Gasteiger partial charge in [0.2, 0.25) is 11.9 Å². The molecule has 18 heavy (non-hydrogen) atoms. The molecule has 0 amide bonds. The predicted octanol–water partition coefficient (Wildman–Crippen LogP) is 1.12. The van der Waals surface area contributed by atoms with E-state index in [-0.39, 0.29) is 23.3 Å². The van der Waals surface area contributed by atoms with E-state index in [1.54, 1.807) is 0 Å². The number of hydrogen-bond donors (Lipinski definition) is 2. The Kier molecular flexibility index (Phi) is 2.73. The van der Waals surface area contributed by atoms with Crippen LogP contribution in [0.15, 0.2) is 18.5 Å². The van der Waals surface area contributed by atoms with Crippen molar-refractivity contribution < 1.29 is 13.2 Å². The summed E-state index contributed by atoms with van der Waals surface area (Å²) in [5.41, 5.74) is 9.42. The fraction of sp³-hybridized carbons (Fsp3) is 0.111. The second kappa shape index (κ2) is 4.09. The van der Waals surface area contributed by atoms with Gasteiger partial charge in [-0.3, -0.25) is 4.98 Å². The van der Waals surface area contributed by atoms with Crippen LogP contribution in [0.2, 0.25) is 0 Å². The van der Waals surface area contributed by atoms with Gasteiger partial charge in [0.05, 0.1) is 5.56 Å². The molecule has 0 fully saturated rings. The van der Waals surface area contributed by atoms with Crippen molar-refractivity contribution in [3.63, 3.8) is 0 Å². The third kappa shape index (κ3) is 2.29. The molecular formula is C9H7F3N6. The van der Waals surface area contributed by atoms with Crippen LogP contribution in [0.4, 0.5) is 25.1 Å². The molecule has 4 N–H and O–H groups in total. The summed E-state index contributed by atoms with van der Waals surface area (Å²) in [4.78, 5) is 14.2. The second-order valence-corrected chi connectivity index (χ2v) is 3.29. The number of rotatable bonds is 1. The number of aromatic nitrogens is 4. The number of nitrogens with zero attached hydrogens (tertiary/aromatic N) is 4. The first-order valence-electron chi connectivity index (χ1n) is 4.66. The summed E-state index contributed by atoms with van der Waals surface area (Å²) in [6, 6.07) is 1.14. The van der Waals surface area contributed by atoms with E-state index in [1.807, 2.05) is 0 Å². The zero-order valence-corrected chi connectivity index (χ0v) is 8.81. The van der Waals surface area contributed by atoms with Gasteiger partial charge >= 0.3 is 6.18 Å². The highest BCUT2D eigenvalue weighted by Crippen LogP contribution is 2.35. The SMILES string of the molecule is Nc1nc(N)nc(-c2ccncc2C(F)(F)F)n1. The summed E-state index contributed by atoms with van der Waals surface area (Å²) >= 11 is 0. The number of nitrogens with two attached hydrogens (primary N) is 2. The molecule has 0 aromatic carbocycles. The molecule has 0 aliphatic carbocycles. The molecule has 2 aromatic heterocycles. The molecule has 0 bridgehead atoms. The lowest BCUT2D eigenvalue weighted by Gasteiger charge is -2.11. The Balaban J connectivity index is 2.64. The Hall–Kier alpha value is -2.45. The molecule has 0 saturated carbocycles. The lowest BCUT2D eigenvalue weighted by Crippen LogP contribution is -2.10. The van der Waals surface area contributed by atoms with Gasteiger partial charge in [-0.15, -0.1) is 0 Å². The summed E-state index contributed by atoms with van der Waals surface area (Å²) < 4.78 is 38.3. The highest BCUT2D eigenvalue weighted by atomic mass is 19.4. The minimum Gasteiger partial charge on any atom is -0.368 e. The first-order valence-corrected chi connectivity index (χ1v) is 4.66. The molecule has 94 valence electrons. The average molecular weight is 256 g/mol. The monoisotopic (exact) mass is 256 g/mol. The van der Waals surface area contributed by atoms with Gasteiger partial charge in [0.1, 0.15) is 0 Å². The zero-order valence-electron chi connectivity index (χ0n) is 8.81. The average Bonchev–Trinajstić information content (AvgIpc) is 2.26. The Morgan fingerprint density at radius 1 is 1.00 bits per heavy atom. The van der Waals surface area contributed by atoms with E-state index in [2.05, 4.69) is 19.9 Å². The van der Waals surface area contributed by atoms with E-state index >= 15 is 0 Å². The van der Waals surface area contributed by atoms with Crippen LogP contribution in [0.5, 0.6) is 0 Å². The molecule has 0 atom stereocenters. The van der Waals surface area contributed by atoms with Crippen molar-refractivity contribution in [1.82, 2.24) is 19.9 Å². The van der Waals surface area contributed by atoms with E-state index in [0.717, 1.165) is 6.07 Å². The first kappa shape index (κ1) is 12.0. The van der Waals surface area contributed by atoms with Crippen molar-refractivity contribution in [3.8, 4) is 11.4 Å². The maximum atomic E-state index is 12.8. The van der Waals surface area contributed by atoms with Gasteiger partial charge in [-0.2, -0.15) is 28.1 Å². The third-order valence-corrected chi connectivity index (χ3v) is 2.04. The summed E-state index contributed by atoms with van der Waals surface area (Å²) in [6.07, 6.45) is -2.69. The van der Waals surface area contributed by atoms with Crippen molar-refractivity contribution in [2.24, 2.45) is 0 Å². The molecule has 0 radical (unpaired) electrons. The van der Waals surface area contributed by atoms with Crippen molar-refractivity contribution in [1.29, 1.82) is 0 Å². The third-order valence-electron chi connectivity index (χ3n) is 2.04. The van der Waals surface area contributed by atoms with Crippen LogP contribution in [-0.2, 0) is 6.18 Å². The maximum Gasteiger partial charge on any atom is 0.418 e. The van der Waals surface area contributed by atoms with Gasteiger partial charge in [0.25, 0.3) is 0 Å². The summed E-state index contributed by atoms with van der Waals surface area (Å²) in [6.45, 7) is 0. The van der Waals surface area contributed by atoms with Crippen LogP contribution < -0.4 is 11.5 Å². The van der Waals surface area contributed by atoms with Gasteiger partial charge in [-0.05, 0) is 6.07 Å². The molecule has 2 heterocycles. The fourth-order valence-electron chi connectivity index (χ4n) is 1.35. The van der Waals surface area contributed by atoms with Crippen LogP contribution in [0.25, 0.3) is 11.4 Å². The highest BCUT2D eigenvalue weighted by molar-refractivity contribution is 5.61. The van der Waals surface area contributed by atoms with Gasteiger partial charge in [0, 0.05) is 18.0 Å². The number of hydrogen-bond acceptors (Lipinski definition) is 6. The minimum absolute atomic E-state index is 0.241. The zero-order chi connectivity index (χ0) is 13.3. The van der Waals surface area contributed by atoms with E-state index in [4.69, 9.17) is 11.5 Å². The van der Waals surface area contributed by atoms with Gasteiger partial charge in [0.15, 0.2) is 5.82 Å². The molecule has 0 aliphatic heterocycles. The molecule has 2 aromatic rings. The largest absolute Gasteiger partial charge is 0.418 e. The smallest absolute Gasteiger partial charge is 0.368 e. The number of halogens is 3. The minimum atomic E-state index is -4.57. The second-order valence-electron chi connectivity index (χ2n) is 3.29. The number of nitrogen functional groups attached to an aromatic ring is 2. The van der Waals surface area contributed by atoms with Crippen molar-refractivity contribution in [3.05, 3.63) is 24.0 Å². The summed E-state index contributed by atoms with van der Waals surface area (Å²) in [5, 5.41) is 0. The molecule has 2 rings (SSSR count).